The van der Waals surface area contributed by atoms with Gasteiger partial charge in [0.2, 0.25) is 5.28 Å². The maximum atomic E-state index is 5.85. The summed E-state index contributed by atoms with van der Waals surface area (Å²) in [4.78, 5) is 8.28. The number of aryl methyl sites for hydroxylation is 1. The molecule has 0 aliphatic heterocycles. The van der Waals surface area contributed by atoms with Crippen LogP contribution in [0, 0.1) is 6.92 Å². The molecular weight excluding hydrogens is 222 g/mol. The highest BCUT2D eigenvalue weighted by Gasteiger charge is 2.26. The maximum absolute atomic E-state index is 5.85. The molecule has 1 heterocycles. The lowest BCUT2D eigenvalue weighted by Gasteiger charge is -2.35. The molecule has 0 unspecified atom stereocenters. The lowest BCUT2D eigenvalue weighted by atomic mass is 9.83. The summed E-state index contributed by atoms with van der Waals surface area (Å²) in [6.45, 7) is 4.19. The molecule has 1 N–H and O–H groups in total. The first kappa shape index (κ1) is 11.6. The van der Waals surface area contributed by atoms with Crippen molar-refractivity contribution in [3.05, 3.63) is 17.0 Å². The predicted molar refractivity (Wildman–Crippen MR) is 66.9 cm³/mol. The molecule has 0 radical (unpaired) electrons. The second-order valence-corrected chi connectivity index (χ2v) is 5.25. The molecular formula is C12H18ClN3. The SMILES string of the molecule is Cc1cc(NC2(C)CCCCC2)nc(Cl)n1. The van der Waals surface area contributed by atoms with E-state index < -0.39 is 0 Å². The molecule has 1 aromatic heterocycles. The van der Waals surface area contributed by atoms with Crippen molar-refractivity contribution in [3.8, 4) is 0 Å². The Kier molecular flexibility index (Phi) is 3.33. The maximum Gasteiger partial charge on any atom is 0.224 e. The first-order valence-electron chi connectivity index (χ1n) is 5.87. The van der Waals surface area contributed by atoms with Gasteiger partial charge in [-0.2, -0.15) is 0 Å². The zero-order valence-electron chi connectivity index (χ0n) is 9.89. The quantitative estimate of drug-likeness (QED) is 0.802. The summed E-state index contributed by atoms with van der Waals surface area (Å²) in [5.74, 6) is 0.849. The monoisotopic (exact) mass is 239 g/mol. The Balaban J connectivity index is 2.13. The number of halogens is 1. The molecule has 0 atom stereocenters. The van der Waals surface area contributed by atoms with Gasteiger partial charge in [-0.3, -0.25) is 0 Å². The second kappa shape index (κ2) is 4.58. The molecule has 2 rings (SSSR count). The molecule has 16 heavy (non-hydrogen) atoms. The first-order chi connectivity index (χ1) is 7.57. The molecule has 0 spiro atoms. The predicted octanol–water partition coefficient (Wildman–Crippen LogP) is 3.57. The fourth-order valence-electron chi connectivity index (χ4n) is 2.36. The van der Waals surface area contributed by atoms with Crippen molar-refractivity contribution in [1.29, 1.82) is 0 Å². The zero-order chi connectivity index (χ0) is 11.6. The minimum absolute atomic E-state index is 0.169. The van der Waals surface area contributed by atoms with Crippen LogP contribution in [-0.2, 0) is 0 Å². The van der Waals surface area contributed by atoms with Gasteiger partial charge in [-0.25, -0.2) is 9.97 Å². The van der Waals surface area contributed by atoms with Gasteiger partial charge in [0, 0.05) is 17.3 Å². The Morgan fingerprint density at radius 3 is 2.56 bits per heavy atom. The minimum Gasteiger partial charge on any atom is -0.365 e. The van der Waals surface area contributed by atoms with Crippen molar-refractivity contribution in [1.82, 2.24) is 9.97 Å². The van der Waals surface area contributed by atoms with Crippen LogP contribution in [0.15, 0.2) is 6.07 Å². The molecule has 1 aliphatic rings. The molecule has 1 aliphatic carbocycles. The Morgan fingerprint density at radius 2 is 1.94 bits per heavy atom. The van der Waals surface area contributed by atoms with Crippen LogP contribution in [0.1, 0.15) is 44.7 Å². The van der Waals surface area contributed by atoms with E-state index in [1.165, 1.54) is 32.1 Å². The van der Waals surface area contributed by atoms with Gasteiger partial charge in [-0.05, 0) is 38.3 Å². The summed E-state index contributed by atoms with van der Waals surface area (Å²) < 4.78 is 0. The highest BCUT2D eigenvalue weighted by Crippen LogP contribution is 2.30. The fourth-order valence-corrected chi connectivity index (χ4v) is 2.59. The third-order valence-electron chi connectivity index (χ3n) is 3.21. The Hall–Kier alpha value is -0.830. The summed E-state index contributed by atoms with van der Waals surface area (Å²) in [5, 5.41) is 3.82. The molecule has 3 nitrogen and oxygen atoms in total. The molecule has 0 saturated heterocycles. The van der Waals surface area contributed by atoms with Crippen LogP contribution in [0.2, 0.25) is 5.28 Å². The number of aromatic nitrogens is 2. The van der Waals surface area contributed by atoms with Crippen LogP contribution < -0.4 is 5.32 Å². The molecule has 4 heteroatoms. The number of anilines is 1. The molecule has 1 saturated carbocycles. The third-order valence-corrected chi connectivity index (χ3v) is 3.38. The second-order valence-electron chi connectivity index (χ2n) is 4.91. The van der Waals surface area contributed by atoms with E-state index in [1.54, 1.807) is 0 Å². The van der Waals surface area contributed by atoms with E-state index in [2.05, 4.69) is 22.2 Å². The van der Waals surface area contributed by atoms with E-state index in [1.807, 2.05) is 13.0 Å². The summed E-state index contributed by atoms with van der Waals surface area (Å²) >= 11 is 5.85. The van der Waals surface area contributed by atoms with E-state index in [9.17, 15) is 0 Å². The summed E-state index contributed by atoms with van der Waals surface area (Å²) in [7, 11) is 0. The van der Waals surface area contributed by atoms with Gasteiger partial charge in [-0.1, -0.05) is 19.3 Å². The molecule has 1 aromatic rings. The van der Waals surface area contributed by atoms with Gasteiger partial charge in [0.1, 0.15) is 5.82 Å². The van der Waals surface area contributed by atoms with E-state index in [0.29, 0.717) is 5.28 Å². The Labute approximate surface area is 102 Å². The molecule has 0 amide bonds. The van der Waals surface area contributed by atoms with E-state index >= 15 is 0 Å². The van der Waals surface area contributed by atoms with Crippen LogP contribution in [-0.4, -0.2) is 15.5 Å². The highest BCUT2D eigenvalue weighted by atomic mass is 35.5. The van der Waals surface area contributed by atoms with Crippen LogP contribution >= 0.6 is 11.6 Å². The summed E-state index contributed by atoms with van der Waals surface area (Å²) in [6.07, 6.45) is 6.34. The Bertz CT molecular complexity index is 352. The standard InChI is InChI=1S/C12H18ClN3/c1-9-8-10(15-11(13)14-9)16-12(2)6-4-3-5-7-12/h8H,3-7H2,1-2H3,(H,14,15,16). The lowest BCUT2D eigenvalue weighted by Crippen LogP contribution is -2.37. The number of nitrogens with zero attached hydrogens (tertiary/aromatic N) is 2. The smallest absolute Gasteiger partial charge is 0.224 e. The average Bonchev–Trinajstić information content (AvgIpc) is 2.15. The summed E-state index contributed by atoms with van der Waals surface area (Å²) in [5.41, 5.74) is 1.07. The van der Waals surface area contributed by atoms with Crippen molar-refractivity contribution < 1.29 is 0 Å². The normalized spacial score (nSPS) is 19.4. The van der Waals surface area contributed by atoms with Gasteiger partial charge in [-0.15, -0.1) is 0 Å². The summed E-state index contributed by atoms with van der Waals surface area (Å²) in [6, 6.07) is 1.95. The van der Waals surface area contributed by atoms with Crippen molar-refractivity contribution in [2.24, 2.45) is 0 Å². The van der Waals surface area contributed by atoms with Crippen LogP contribution in [0.25, 0.3) is 0 Å². The molecule has 88 valence electrons. The topological polar surface area (TPSA) is 37.8 Å². The first-order valence-corrected chi connectivity index (χ1v) is 6.25. The van der Waals surface area contributed by atoms with Gasteiger partial charge in [0.05, 0.1) is 0 Å². The lowest BCUT2D eigenvalue weighted by molar-refractivity contribution is 0.348. The van der Waals surface area contributed by atoms with Gasteiger partial charge < -0.3 is 5.32 Å². The van der Waals surface area contributed by atoms with Crippen molar-refractivity contribution in [3.63, 3.8) is 0 Å². The number of rotatable bonds is 2. The van der Waals surface area contributed by atoms with Crippen LogP contribution in [0.3, 0.4) is 0 Å². The third kappa shape index (κ3) is 2.85. The van der Waals surface area contributed by atoms with Crippen molar-refractivity contribution in [2.45, 2.75) is 51.5 Å². The van der Waals surface area contributed by atoms with Gasteiger partial charge >= 0.3 is 0 Å². The fraction of sp³-hybridized carbons (Fsp3) is 0.667. The zero-order valence-corrected chi connectivity index (χ0v) is 10.6. The Morgan fingerprint density at radius 1 is 1.25 bits per heavy atom. The molecule has 0 aromatic carbocycles. The number of hydrogen-bond acceptors (Lipinski definition) is 3. The number of hydrogen-bond donors (Lipinski definition) is 1. The highest BCUT2D eigenvalue weighted by molar-refractivity contribution is 6.28. The van der Waals surface area contributed by atoms with E-state index in [0.717, 1.165) is 11.5 Å². The van der Waals surface area contributed by atoms with Crippen LogP contribution in [0.5, 0.6) is 0 Å². The van der Waals surface area contributed by atoms with Gasteiger partial charge in [0.25, 0.3) is 0 Å². The van der Waals surface area contributed by atoms with E-state index in [4.69, 9.17) is 11.6 Å². The number of nitrogens with one attached hydrogen (secondary N) is 1. The van der Waals surface area contributed by atoms with Crippen molar-refractivity contribution >= 4 is 17.4 Å². The molecule has 0 bridgehead atoms. The van der Waals surface area contributed by atoms with Crippen LogP contribution in [0.4, 0.5) is 5.82 Å². The van der Waals surface area contributed by atoms with Crippen molar-refractivity contribution in [2.75, 3.05) is 5.32 Å². The minimum atomic E-state index is 0.169. The largest absolute Gasteiger partial charge is 0.365 e. The van der Waals surface area contributed by atoms with Gasteiger partial charge in [0.15, 0.2) is 0 Å². The van der Waals surface area contributed by atoms with E-state index in [-0.39, 0.29) is 5.54 Å². The molecule has 1 fully saturated rings. The average molecular weight is 240 g/mol.